The second-order valence-corrected chi connectivity index (χ2v) is 5.28. The molecule has 1 N–H and O–H groups in total. The Morgan fingerprint density at radius 2 is 1.61 bits per heavy atom. The van der Waals surface area contributed by atoms with Gasteiger partial charge in [0.1, 0.15) is 6.42 Å². The number of rotatable bonds is 3. The second-order valence-electron chi connectivity index (χ2n) is 5.28. The molecular weight excluding hydrogens is 232 g/mol. The number of likely N-dealkylation sites (tertiary alicyclic amines) is 2. The monoisotopic (exact) mass is 254 g/mol. The molecule has 0 aromatic carbocycles. The Morgan fingerprint density at radius 1 is 1.00 bits per heavy atom. The van der Waals surface area contributed by atoms with Crippen LogP contribution in [0.2, 0.25) is 0 Å². The SMILES string of the molecule is O=C(O)CC(=O)N1CCC(N2CCCCC2)CC1. The summed E-state index contributed by atoms with van der Waals surface area (Å²) in [5, 5.41) is 8.61. The summed E-state index contributed by atoms with van der Waals surface area (Å²) in [6.45, 7) is 3.81. The summed E-state index contributed by atoms with van der Waals surface area (Å²) in [5.41, 5.74) is 0. The fourth-order valence-corrected chi connectivity index (χ4v) is 3.01. The number of carboxylic acids is 1. The molecular formula is C13H22N2O3. The molecule has 102 valence electrons. The van der Waals surface area contributed by atoms with Gasteiger partial charge in [0, 0.05) is 19.1 Å². The van der Waals surface area contributed by atoms with Crippen LogP contribution in [0.3, 0.4) is 0 Å². The average molecular weight is 254 g/mol. The Bertz CT molecular complexity index is 305. The van der Waals surface area contributed by atoms with Crippen molar-refractivity contribution in [2.75, 3.05) is 26.2 Å². The summed E-state index contributed by atoms with van der Waals surface area (Å²) in [4.78, 5) is 26.4. The van der Waals surface area contributed by atoms with Crippen molar-refractivity contribution >= 4 is 11.9 Å². The lowest BCUT2D eigenvalue weighted by atomic mass is 10.00. The molecule has 0 spiro atoms. The second kappa shape index (κ2) is 6.18. The zero-order valence-electron chi connectivity index (χ0n) is 10.8. The Morgan fingerprint density at radius 3 is 2.17 bits per heavy atom. The molecule has 0 aliphatic carbocycles. The van der Waals surface area contributed by atoms with Crippen LogP contribution >= 0.6 is 0 Å². The molecule has 5 nitrogen and oxygen atoms in total. The smallest absolute Gasteiger partial charge is 0.312 e. The topological polar surface area (TPSA) is 60.9 Å². The van der Waals surface area contributed by atoms with Crippen LogP contribution in [0.25, 0.3) is 0 Å². The van der Waals surface area contributed by atoms with E-state index in [1.807, 2.05) is 0 Å². The number of nitrogens with zero attached hydrogens (tertiary/aromatic N) is 2. The van der Waals surface area contributed by atoms with Crippen LogP contribution in [-0.2, 0) is 9.59 Å². The lowest BCUT2D eigenvalue weighted by molar-refractivity contribution is -0.144. The van der Waals surface area contributed by atoms with Crippen LogP contribution in [0.5, 0.6) is 0 Å². The zero-order valence-corrected chi connectivity index (χ0v) is 10.8. The molecule has 0 unspecified atom stereocenters. The van der Waals surface area contributed by atoms with Gasteiger partial charge in [-0.3, -0.25) is 9.59 Å². The minimum atomic E-state index is -1.03. The zero-order chi connectivity index (χ0) is 13.0. The molecule has 0 saturated carbocycles. The average Bonchev–Trinajstić information content (AvgIpc) is 2.39. The van der Waals surface area contributed by atoms with Gasteiger partial charge in [-0.25, -0.2) is 0 Å². The van der Waals surface area contributed by atoms with E-state index < -0.39 is 5.97 Å². The van der Waals surface area contributed by atoms with Crippen LogP contribution in [0.15, 0.2) is 0 Å². The van der Waals surface area contributed by atoms with Crippen molar-refractivity contribution in [1.82, 2.24) is 9.80 Å². The first kappa shape index (κ1) is 13.3. The standard InChI is InChI=1S/C13H22N2O3/c16-12(10-13(17)18)15-8-4-11(5-9-15)14-6-2-1-3-7-14/h11H,1-10H2,(H,17,18). The number of carboxylic acid groups (broad SMARTS) is 1. The fourth-order valence-electron chi connectivity index (χ4n) is 3.01. The first-order valence-electron chi connectivity index (χ1n) is 6.90. The van der Waals surface area contributed by atoms with Gasteiger partial charge >= 0.3 is 5.97 Å². The van der Waals surface area contributed by atoms with Crippen LogP contribution in [-0.4, -0.2) is 59.0 Å². The maximum Gasteiger partial charge on any atom is 0.312 e. The molecule has 0 aromatic rings. The largest absolute Gasteiger partial charge is 0.481 e. The molecule has 2 saturated heterocycles. The number of carbonyl (C=O) groups is 2. The van der Waals surface area contributed by atoms with Gasteiger partial charge < -0.3 is 14.9 Å². The van der Waals surface area contributed by atoms with Crippen molar-refractivity contribution in [2.24, 2.45) is 0 Å². The highest BCUT2D eigenvalue weighted by molar-refractivity contribution is 5.93. The van der Waals surface area contributed by atoms with Gasteiger partial charge in [-0.1, -0.05) is 6.42 Å². The van der Waals surface area contributed by atoms with Crippen molar-refractivity contribution in [3.05, 3.63) is 0 Å². The fraction of sp³-hybridized carbons (Fsp3) is 0.846. The number of piperidine rings is 2. The first-order valence-corrected chi connectivity index (χ1v) is 6.90. The molecule has 2 fully saturated rings. The molecule has 0 bridgehead atoms. The van der Waals surface area contributed by atoms with Crippen LogP contribution in [0.4, 0.5) is 0 Å². The molecule has 2 aliphatic heterocycles. The lowest BCUT2D eigenvalue weighted by Gasteiger charge is -2.40. The molecule has 0 atom stereocenters. The summed E-state index contributed by atoms with van der Waals surface area (Å²) in [5.74, 6) is -1.27. The number of carbonyl (C=O) groups excluding carboxylic acids is 1. The highest BCUT2D eigenvalue weighted by Crippen LogP contribution is 2.21. The third kappa shape index (κ3) is 3.45. The van der Waals surface area contributed by atoms with Gasteiger partial charge in [0.2, 0.25) is 5.91 Å². The maximum absolute atomic E-state index is 11.6. The number of amides is 1. The van der Waals surface area contributed by atoms with E-state index >= 15 is 0 Å². The van der Waals surface area contributed by atoms with Crippen molar-refractivity contribution in [2.45, 2.75) is 44.6 Å². The van der Waals surface area contributed by atoms with E-state index in [9.17, 15) is 9.59 Å². The number of aliphatic carboxylic acids is 1. The quantitative estimate of drug-likeness (QED) is 0.761. The van der Waals surface area contributed by atoms with E-state index in [4.69, 9.17) is 5.11 Å². The van der Waals surface area contributed by atoms with Crippen molar-refractivity contribution in [3.63, 3.8) is 0 Å². The van der Waals surface area contributed by atoms with E-state index in [-0.39, 0.29) is 12.3 Å². The van der Waals surface area contributed by atoms with Gasteiger partial charge in [-0.2, -0.15) is 0 Å². The molecule has 5 heteroatoms. The van der Waals surface area contributed by atoms with Gasteiger partial charge in [-0.05, 0) is 38.8 Å². The highest BCUT2D eigenvalue weighted by Gasteiger charge is 2.27. The van der Waals surface area contributed by atoms with Gasteiger partial charge in [0.15, 0.2) is 0 Å². The van der Waals surface area contributed by atoms with Gasteiger partial charge in [-0.15, -0.1) is 0 Å². The summed E-state index contributed by atoms with van der Waals surface area (Å²) in [6, 6.07) is 0.596. The molecule has 1 amide bonds. The molecule has 0 aromatic heterocycles. The van der Waals surface area contributed by atoms with Crippen molar-refractivity contribution < 1.29 is 14.7 Å². The molecule has 2 aliphatic rings. The molecule has 2 rings (SSSR count). The lowest BCUT2D eigenvalue weighted by Crippen LogP contribution is -2.48. The first-order chi connectivity index (χ1) is 8.66. The predicted molar refractivity (Wildman–Crippen MR) is 67.3 cm³/mol. The third-order valence-corrected chi connectivity index (χ3v) is 4.03. The number of hydrogen-bond acceptors (Lipinski definition) is 3. The van der Waals surface area contributed by atoms with E-state index in [0.717, 1.165) is 12.8 Å². The van der Waals surface area contributed by atoms with Crippen LogP contribution in [0, 0.1) is 0 Å². The highest BCUT2D eigenvalue weighted by atomic mass is 16.4. The Labute approximate surface area is 108 Å². The minimum absolute atomic E-state index is 0.236. The summed E-state index contributed by atoms with van der Waals surface area (Å²) in [7, 11) is 0. The normalized spacial score (nSPS) is 23.0. The van der Waals surface area contributed by atoms with E-state index in [1.165, 1.54) is 32.4 Å². The van der Waals surface area contributed by atoms with E-state index in [2.05, 4.69) is 4.90 Å². The molecule has 0 radical (unpaired) electrons. The Hall–Kier alpha value is -1.10. The van der Waals surface area contributed by atoms with Crippen LogP contribution < -0.4 is 0 Å². The predicted octanol–water partition coefficient (Wildman–Crippen LogP) is 0.938. The van der Waals surface area contributed by atoms with E-state index in [1.54, 1.807) is 4.90 Å². The third-order valence-electron chi connectivity index (χ3n) is 4.03. The Kier molecular flexibility index (Phi) is 4.58. The maximum atomic E-state index is 11.6. The Balaban J connectivity index is 1.76. The van der Waals surface area contributed by atoms with Gasteiger partial charge in [0.25, 0.3) is 0 Å². The van der Waals surface area contributed by atoms with E-state index in [0.29, 0.717) is 19.1 Å². The molecule has 18 heavy (non-hydrogen) atoms. The van der Waals surface area contributed by atoms with Crippen molar-refractivity contribution in [3.8, 4) is 0 Å². The van der Waals surface area contributed by atoms with Crippen LogP contribution in [0.1, 0.15) is 38.5 Å². The minimum Gasteiger partial charge on any atom is -0.481 e. The number of hydrogen-bond donors (Lipinski definition) is 1. The summed E-state index contributed by atoms with van der Waals surface area (Å²) in [6.07, 6.45) is 5.54. The molecule has 2 heterocycles. The van der Waals surface area contributed by atoms with Crippen molar-refractivity contribution in [1.29, 1.82) is 0 Å². The van der Waals surface area contributed by atoms with Gasteiger partial charge in [0.05, 0.1) is 0 Å². The summed E-state index contributed by atoms with van der Waals surface area (Å²) < 4.78 is 0. The summed E-state index contributed by atoms with van der Waals surface area (Å²) >= 11 is 0.